The zero-order chi connectivity index (χ0) is 20.4. The quantitative estimate of drug-likeness (QED) is 0.191. The van der Waals surface area contributed by atoms with Crippen molar-refractivity contribution in [2.75, 3.05) is 13.7 Å². The first kappa shape index (κ1) is 22.7. The Morgan fingerprint density at radius 1 is 1.41 bits per heavy atom. The number of nitrogens with one attached hydrogen (secondary N) is 2. The van der Waals surface area contributed by atoms with Crippen LogP contribution < -0.4 is 16.8 Å². The minimum absolute atomic E-state index is 0.00165. The smallest absolute Gasteiger partial charge is 0.305 e. The van der Waals surface area contributed by atoms with Gasteiger partial charge in [-0.2, -0.15) is 9.38 Å². The summed E-state index contributed by atoms with van der Waals surface area (Å²) < 4.78 is 13.5. The fraction of sp³-hybridized carbons (Fsp3) is 0.526. The lowest BCUT2D eigenvalue weighted by molar-refractivity contribution is 0.253. The fourth-order valence-electron chi connectivity index (χ4n) is 3.03. The van der Waals surface area contributed by atoms with Crippen LogP contribution in [0.2, 0.25) is 0 Å². The number of aliphatic hydroxyl groups is 1. The van der Waals surface area contributed by atoms with Gasteiger partial charge in [0.2, 0.25) is 0 Å². The molecule has 8 heteroatoms. The van der Waals surface area contributed by atoms with Gasteiger partial charge in [-0.25, -0.2) is 4.99 Å². The highest BCUT2D eigenvalue weighted by Crippen LogP contribution is 2.23. The van der Waals surface area contributed by atoms with Crippen LogP contribution in [0.15, 0.2) is 45.1 Å². The number of hydrogen-bond donors (Lipinski definition) is 5. The van der Waals surface area contributed by atoms with E-state index in [2.05, 4.69) is 15.3 Å². The predicted molar refractivity (Wildman–Crippen MR) is 110 cm³/mol. The number of nitrogens with two attached hydrogens (primary N) is 2. The third-order valence-corrected chi connectivity index (χ3v) is 4.47. The summed E-state index contributed by atoms with van der Waals surface area (Å²) in [7, 11) is 1.29. The van der Waals surface area contributed by atoms with Gasteiger partial charge in [-0.05, 0) is 38.5 Å². The van der Waals surface area contributed by atoms with E-state index in [0.29, 0.717) is 17.6 Å². The Bertz CT molecular complexity index is 678. The van der Waals surface area contributed by atoms with E-state index in [1.807, 2.05) is 19.9 Å². The molecule has 1 aliphatic heterocycles. The zero-order valence-electron chi connectivity index (χ0n) is 16.3. The molecule has 7 nitrogen and oxygen atoms in total. The number of aliphatic imine (C=N–C) groups is 2. The number of amidine groups is 2. The minimum Gasteiger partial charge on any atom is -0.405 e. The van der Waals surface area contributed by atoms with Crippen LogP contribution in [0.3, 0.4) is 0 Å². The Labute approximate surface area is 160 Å². The second-order valence-electron chi connectivity index (χ2n) is 6.47. The lowest BCUT2D eigenvalue weighted by atomic mass is 9.94. The van der Waals surface area contributed by atoms with Crippen molar-refractivity contribution < 1.29 is 9.50 Å². The van der Waals surface area contributed by atoms with Crippen molar-refractivity contribution in [3.05, 3.63) is 35.1 Å². The van der Waals surface area contributed by atoms with Crippen LogP contribution in [0.4, 0.5) is 4.39 Å². The molecule has 150 valence electrons. The maximum Gasteiger partial charge on any atom is 0.305 e. The molecule has 0 amide bonds. The molecule has 1 heterocycles. The van der Waals surface area contributed by atoms with E-state index in [0.717, 1.165) is 24.8 Å². The van der Waals surface area contributed by atoms with Gasteiger partial charge in [0, 0.05) is 30.3 Å². The lowest BCUT2D eigenvalue weighted by Gasteiger charge is -2.17. The summed E-state index contributed by atoms with van der Waals surface area (Å²) in [5.74, 6) is 0.00165. The third kappa shape index (κ3) is 6.73. The number of hydrogen-bond acceptors (Lipinski definition) is 5. The average Bonchev–Trinajstić information content (AvgIpc) is 3.13. The number of halogens is 1. The van der Waals surface area contributed by atoms with Crippen molar-refractivity contribution in [3.8, 4) is 0 Å². The Kier molecular flexibility index (Phi) is 9.60. The Balaban J connectivity index is 3.42. The van der Waals surface area contributed by atoms with Gasteiger partial charge in [-0.3, -0.25) is 0 Å². The molecule has 0 aromatic carbocycles. The first-order chi connectivity index (χ1) is 12.9. The number of allylic oxidation sites excluding steroid dienone is 3. The third-order valence-electron chi connectivity index (χ3n) is 4.47. The molecular formula is C19H31FN6O. The van der Waals surface area contributed by atoms with Crippen molar-refractivity contribution in [3.63, 3.8) is 0 Å². The minimum atomic E-state index is -0.912. The number of rotatable bonds is 8. The molecule has 0 aliphatic carbocycles. The summed E-state index contributed by atoms with van der Waals surface area (Å²) in [6.45, 7) is 4.02. The normalized spacial score (nSPS) is 23.1. The van der Waals surface area contributed by atoms with E-state index in [9.17, 15) is 9.50 Å². The summed E-state index contributed by atoms with van der Waals surface area (Å²) in [5, 5.41) is 21.0. The Morgan fingerprint density at radius 2 is 2.11 bits per heavy atom. The summed E-state index contributed by atoms with van der Waals surface area (Å²) in [5.41, 5.74) is 13.8. The van der Waals surface area contributed by atoms with Crippen LogP contribution in [0.25, 0.3) is 0 Å². The van der Waals surface area contributed by atoms with E-state index in [-0.39, 0.29) is 30.2 Å². The number of aliphatic hydroxyl groups excluding tert-OH is 1. The van der Waals surface area contributed by atoms with Crippen molar-refractivity contribution in [2.45, 2.75) is 51.6 Å². The summed E-state index contributed by atoms with van der Waals surface area (Å²) in [4.78, 5) is 7.07. The molecule has 0 radical (unpaired) electrons. The maximum absolute atomic E-state index is 13.5. The molecule has 1 saturated heterocycles. The van der Waals surface area contributed by atoms with Crippen molar-refractivity contribution in [2.24, 2.45) is 21.5 Å². The number of nitrogens with zero attached hydrogens (tertiary/aromatic N) is 2. The van der Waals surface area contributed by atoms with E-state index >= 15 is 0 Å². The molecule has 1 rings (SSSR count). The van der Waals surface area contributed by atoms with E-state index in [4.69, 9.17) is 16.9 Å². The van der Waals surface area contributed by atoms with Crippen LogP contribution in [-0.4, -0.2) is 48.5 Å². The lowest BCUT2D eigenvalue weighted by Crippen LogP contribution is -2.32. The maximum atomic E-state index is 13.5. The predicted octanol–water partition coefficient (Wildman–Crippen LogP) is 1.95. The Morgan fingerprint density at radius 3 is 2.63 bits per heavy atom. The molecule has 0 spiro atoms. The highest BCUT2D eigenvalue weighted by Gasteiger charge is 2.24. The van der Waals surface area contributed by atoms with Crippen LogP contribution in [0.1, 0.15) is 39.5 Å². The molecule has 2 atom stereocenters. The molecule has 0 saturated carbocycles. The van der Waals surface area contributed by atoms with Gasteiger partial charge < -0.3 is 27.3 Å². The topological polar surface area (TPSA) is 133 Å². The van der Waals surface area contributed by atoms with Gasteiger partial charge in [0.25, 0.3) is 0 Å². The van der Waals surface area contributed by atoms with Gasteiger partial charge >= 0.3 is 6.09 Å². The molecule has 0 aromatic heterocycles. The van der Waals surface area contributed by atoms with Crippen LogP contribution in [-0.2, 0) is 0 Å². The molecule has 1 fully saturated rings. The highest BCUT2D eigenvalue weighted by atomic mass is 19.1. The molecule has 1 aliphatic rings. The second kappa shape index (κ2) is 11.4. The Hall–Kier alpha value is -2.32. The molecule has 27 heavy (non-hydrogen) atoms. The summed E-state index contributed by atoms with van der Waals surface area (Å²) in [6, 6.07) is 0.174. The van der Waals surface area contributed by atoms with Crippen molar-refractivity contribution >= 4 is 17.6 Å². The van der Waals surface area contributed by atoms with E-state index in [1.165, 1.54) is 19.3 Å². The van der Waals surface area contributed by atoms with Crippen molar-refractivity contribution in [1.82, 2.24) is 5.32 Å². The van der Waals surface area contributed by atoms with Crippen LogP contribution >= 0.6 is 0 Å². The summed E-state index contributed by atoms with van der Waals surface area (Å²) in [6.07, 6.45) is 6.76. The summed E-state index contributed by atoms with van der Waals surface area (Å²) >= 11 is 0. The first-order valence-electron chi connectivity index (χ1n) is 9.10. The van der Waals surface area contributed by atoms with Gasteiger partial charge in [0.05, 0.1) is 12.3 Å². The van der Waals surface area contributed by atoms with Gasteiger partial charge in [-0.1, -0.05) is 25.0 Å². The van der Waals surface area contributed by atoms with E-state index in [1.54, 1.807) is 0 Å². The average molecular weight is 378 g/mol. The van der Waals surface area contributed by atoms with Crippen LogP contribution in [0, 0.1) is 5.41 Å². The SMILES string of the molecule is CCCC(=C(\C=C(/C)[C@H]1CCC(CO)N1)C(=N)/C=C\N)/C(N)=N\C(F)=N/C. The van der Waals surface area contributed by atoms with Crippen molar-refractivity contribution in [1.29, 1.82) is 5.41 Å². The fourth-order valence-corrected chi connectivity index (χ4v) is 3.03. The standard InChI is InChI=1S/C19H31FN6O/c1-4-5-14(18(23)26-19(20)24-3)15(16(22)8-9-21)10-12(2)17-7-6-13(11-27)25-17/h8-10,13,17,22,25,27H,4-7,11,21H2,1-3H3,(H2,23,24,26)/b9-8-,12-10+,15-14-,22-16?/t13?,17-/m1/s1. The second-order valence-corrected chi connectivity index (χ2v) is 6.47. The van der Waals surface area contributed by atoms with Gasteiger partial charge in [0.15, 0.2) is 0 Å². The molecule has 0 bridgehead atoms. The van der Waals surface area contributed by atoms with Gasteiger partial charge in [-0.15, -0.1) is 0 Å². The molecular weight excluding hydrogens is 347 g/mol. The van der Waals surface area contributed by atoms with Gasteiger partial charge in [0.1, 0.15) is 5.84 Å². The largest absolute Gasteiger partial charge is 0.405 e. The zero-order valence-corrected chi connectivity index (χ0v) is 16.3. The molecule has 0 aromatic rings. The van der Waals surface area contributed by atoms with E-state index < -0.39 is 6.09 Å². The van der Waals surface area contributed by atoms with Crippen LogP contribution in [0.5, 0.6) is 0 Å². The highest BCUT2D eigenvalue weighted by molar-refractivity contribution is 6.15. The monoisotopic (exact) mass is 378 g/mol. The molecule has 7 N–H and O–H groups in total. The first-order valence-corrected chi connectivity index (χ1v) is 9.10. The molecule has 1 unspecified atom stereocenters.